The molecule has 1 atom stereocenters. The molecule has 3 rings (SSSR count). The predicted octanol–water partition coefficient (Wildman–Crippen LogP) is 4.55. The summed E-state index contributed by atoms with van der Waals surface area (Å²) in [5, 5.41) is 1.11. The van der Waals surface area contributed by atoms with Gasteiger partial charge in [-0.25, -0.2) is 9.59 Å². The summed E-state index contributed by atoms with van der Waals surface area (Å²) in [5.41, 5.74) is 2.35. The number of methoxy groups -OCH3 is 1. The Hall–Kier alpha value is -2.15. The van der Waals surface area contributed by atoms with Crippen LogP contribution in [0.15, 0.2) is 42.0 Å². The smallest absolute Gasteiger partial charge is 0.339 e. The van der Waals surface area contributed by atoms with Crippen molar-refractivity contribution in [1.82, 2.24) is 4.90 Å². The third-order valence-corrected chi connectivity index (χ3v) is 6.27. The number of nitrogens with zero attached hydrogens (tertiary/aromatic N) is 1. The average Bonchev–Trinajstić information content (AvgIpc) is 3.10. The summed E-state index contributed by atoms with van der Waals surface area (Å²) >= 11 is 7.83. The van der Waals surface area contributed by atoms with Crippen LogP contribution in [0.3, 0.4) is 0 Å². The zero-order chi connectivity index (χ0) is 20.3. The third-order valence-electron chi connectivity index (χ3n) is 4.81. The molecule has 1 aliphatic rings. The van der Waals surface area contributed by atoms with E-state index in [1.807, 2.05) is 29.2 Å². The van der Waals surface area contributed by atoms with Crippen molar-refractivity contribution < 1.29 is 19.1 Å². The minimum atomic E-state index is -0.581. The number of esters is 2. The van der Waals surface area contributed by atoms with E-state index in [-0.39, 0.29) is 11.9 Å². The summed E-state index contributed by atoms with van der Waals surface area (Å²) in [6, 6.07) is 8.61. The van der Waals surface area contributed by atoms with Crippen LogP contribution in [0.5, 0.6) is 5.06 Å². The van der Waals surface area contributed by atoms with E-state index < -0.39 is 6.04 Å². The quantitative estimate of drug-likeness (QED) is 0.525. The van der Waals surface area contributed by atoms with Crippen molar-refractivity contribution in [3.05, 3.63) is 63.0 Å². The van der Waals surface area contributed by atoms with Gasteiger partial charge in [0.2, 0.25) is 0 Å². The van der Waals surface area contributed by atoms with Crippen LogP contribution in [-0.2, 0) is 27.3 Å². The van der Waals surface area contributed by atoms with Crippen molar-refractivity contribution in [3.8, 4) is 5.06 Å². The number of hydrogen-bond donors (Lipinski definition) is 0. The molecule has 1 aromatic carbocycles. The second kappa shape index (κ2) is 8.90. The van der Waals surface area contributed by atoms with Crippen LogP contribution in [0.1, 0.15) is 35.9 Å². The monoisotopic (exact) mass is 419 g/mol. The molecule has 0 saturated heterocycles. The first kappa shape index (κ1) is 20.6. The molecular formula is C21H22ClNO4S. The van der Waals surface area contributed by atoms with Crippen molar-refractivity contribution in [2.75, 3.05) is 13.7 Å². The molecule has 0 spiro atoms. The SMILES string of the molecule is C/C=C(\C)C(=O)Oc1cc2c(s1)CCN([C@H](C(=O)OC)c1ccccc1Cl)C2. The Kier molecular flexibility index (Phi) is 6.54. The van der Waals surface area contributed by atoms with E-state index >= 15 is 0 Å². The summed E-state index contributed by atoms with van der Waals surface area (Å²) in [7, 11) is 1.38. The highest BCUT2D eigenvalue weighted by Crippen LogP contribution is 2.37. The van der Waals surface area contributed by atoms with Crippen LogP contribution in [-0.4, -0.2) is 30.5 Å². The second-order valence-electron chi connectivity index (χ2n) is 6.54. The summed E-state index contributed by atoms with van der Waals surface area (Å²) < 4.78 is 10.5. The summed E-state index contributed by atoms with van der Waals surface area (Å²) in [5.74, 6) is -0.691. The number of benzene rings is 1. The van der Waals surface area contributed by atoms with Crippen LogP contribution in [0, 0.1) is 0 Å². The molecule has 0 unspecified atom stereocenters. The lowest BCUT2D eigenvalue weighted by Crippen LogP contribution is -2.38. The van der Waals surface area contributed by atoms with Gasteiger partial charge in [-0.1, -0.05) is 35.9 Å². The molecule has 0 aliphatic carbocycles. The fraction of sp³-hybridized carbons (Fsp3) is 0.333. The minimum absolute atomic E-state index is 0.345. The molecule has 0 radical (unpaired) electrons. The zero-order valence-corrected chi connectivity index (χ0v) is 17.6. The molecule has 0 amide bonds. The summed E-state index contributed by atoms with van der Waals surface area (Å²) in [6.07, 6.45) is 2.49. The van der Waals surface area contributed by atoms with Gasteiger partial charge < -0.3 is 9.47 Å². The van der Waals surface area contributed by atoms with Crippen LogP contribution < -0.4 is 4.74 Å². The molecule has 1 aliphatic heterocycles. The molecule has 28 heavy (non-hydrogen) atoms. The van der Waals surface area contributed by atoms with Gasteiger partial charge in [-0.15, -0.1) is 11.3 Å². The van der Waals surface area contributed by atoms with E-state index in [4.69, 9.17) is 21.1 Å². The maximum absolute atomic E-state index is 12.5. The van der Waals surface area contributed by atoms with Crippen molar-refractivity contribution in [3.63, 3.8) is 0 Å². The highest BCUT2D eigenvalue weighted by molar-refractivity contribution is 7.14. The molecule has 0 saturated carbocycles. The topological polar surface area (TPSA) is 55.8 Å². The Morgan fingerprint density at radius 2 is 2.07 bits per heavy atom. The van der Waals surface area contributed by atoms with Crippen molar-refractivity contribution in [2.24, 2.45) is 0 Å². The second-order valence-corrected chi connectivity index (χ2v) is 8.05. The summed E-state index contributed by atoms with van der Waals surface area (Å²) in [4.78, 5) is 27.8. The largest absolute Gasteiger partial charge is 0.468 e. The lowest BCUT2D eigenvalue weighted by Gasteiger charge is -2.33. The Bertz CT molecular complexity index is 921. The van der Waals surface area contributed by atoms with Gasteiger partial charge >= 0.3 is 11.9 Å². The van der Waals surface area contributed by atoms with Crippen molar-refractivity contribution >= 4 is 34.9 Å². The molecule has 7 heteroatoms. The number of fused-ring (bicyclic) bond motifs is 1. The molecule has 2 heterocycles. The first-order valence-corrected chi connectivity index (χ1v) is 10.2. The van der Waals surface area contributed by atoms with Gasteiger partial charge in [0.05, 0.1) is 7.11 Å². The van der Waals surface area contributed by atoms with Gasteiger partial charge in [0, 0.05) is 28.6 Å². The summed E-state index contributed by atoms with van der Waals surface area (Å²) in [6.45, 7) is 4.76. The van der Waals surface area contributed by atoms with E-state index in [1.165, 1.54) is 23.3 Å². The van der Waals surface area contributed by atoms with Crippen molar-refractivity contribution in [1.29, 1.82) is 0 Å². The maximum atomic E-state index is 12.5. The molecule has 0 fully saturated rings. The molecular weight excluding hydrogens is 398 g/mol. The maximum Gasteiger partial charge on any atom is 0.339 e. The predicted molar refractivity (Wildman–Crippen MR) is 110 cm³/mol. The van der Waals surface area contributed by atoms with E-state index in [9.17, 15) is 9.59 Å². The number of carbonyl (C=O) groups excluding carboxylic acids is 2. The zero-order valence-electron chi connectivity index (χ0n) is 16.0. The van der Waals surface area contributed by atoms with E-state index in [2.05, 4.69) is 0 Å². The third kappa shape index (κ3) is 4.29. The fourth-order valence-electron chi connectivity index (χ4n) is 3.17. The Morgan fingerprint density at radius 1 is 1.32 bits per heavy atom. The van der Waals surface area contributed by atoms with E-state index in [0.717, 1.165) is 17.5 Å². The van der Waals surface area contributed by atoms with Gasteiger partial charge in [-0.3, -0.25) is 4.90 Å². The van der Waals surface area contributed by atoms with Crippen LogP contribution in [0.2, 0.25) is 5.02 Å². The molecule has 148 valence electrons. The lowest BCUT2D eigenvalue weighted by atomic mass is 10.0. The Balaban J connectivity index is 1.84. The van der Waals surface area contributed by atoms with Gasteiger partial charge in [-0.05, 0) is 43.5 Å². The van der Waals surface area contributed by atoms with E-state index in [0.29, 0.717) is 28.7 Å². The van der Waals surface area contributed by atoms with Gasteiger partial charge in [0.15, 0.2) is 5.06 Å². The van der Waals surface area contributed by atoms with Gasteiger partial charge in [-0.2, -0.15) is 0 Å². The van der Waals surface area contributed by atoms with Crippen LogP contribution in [0.4, 0.5) is 0 Å². The molecule has 0 N–H and O–H groups in total. The molecule has 1 aromatic heterocycles. The number of ether oxygens (including phenoxy) is 2. The first-order chi connectivity index (χ1) is 13.4. The van der Waals surface area contributed by atoms with E-state index in [1.54, 1.807) is 26.0 Å². The Morgan fingerprint density at radius 3 is 2.75 bits per heavy atom. The van der Waals surface area contributed by atoms with Crippen LogP contribution >= 0.6 is 22.9 Å². The Labute approximate surface area is 173 Å². The fourth-order valence-corrected chi connectivity index (χ4v) is 4.42. The first-order valence-electron chi connectivity index (χ1n) is 8.97. The molecule has 0 bridgehead atoms. The van der Waals surface area contributed by atoms with Gasteiger partial charge in [0.25, 0.3) is 0 Å². The van der Waals surface area contributed by atoms with Crippen molar-refractivity contribution in [2.45, 2.75) is 32.9 Å². The number of allylic oxidation sites excluding steroid dienone is 1. The number of hydrogen-bond acceptors (Lipinski definition) is 6. The van der Waals surface area contributed by atoms with Crippen LogP contribution in [0.25, 0.3) is 0 Å². The van der Waals surface area contributed by atoms with Gasteiger partial charge in [0.1, 0.15) is 6.04 Å². The lowest BCUT2D eigenvalue weighted by molar-refractivity contribution is -0.147. The highest BCUT2D eigenvalue weighted by atomic mass is 35.5. The average molecular weight is 420 g/mol. The highest BCUT2D eigenvalue weighted by Gasteiger charge is 2.33. The standard InChI is InChI=1S/C21H22ClNO4S/c1-4-13(2)20(24)27-18-11-14-12-23(10-9-17(14)28-18)19(21(25)26-3)15-7-5-6-8-16(15)22/h4-8,11,19H,9-10,12H2,1-3H3/b13-4+/t19-/m0/s1. The molecule has 2 aromatic rings. The number of rotatable bonds is 5. The number of halogens is 1. The number of carbonyl (C=O) groups is 2. The normalized spacial score (nSPS) is 15.6. The minimum Gasteiger partial charge on any atom is -0.468 e. The number of thiophene rings is 1. The molecule has 5 nitrogen and oxygen atoms in total.